The fraction of sp³-hybridized carbons (Fsp3) is 1.00. The van der Waals surface area contributed by atoms with Crippen molar-refractivity contribution in [2.75, 3.05) is 25.9 Å². The monoisotopic (exact) mass is 254 g/mol. The van der Waals surface area contributed by atoms with Crippen LogP contribution < -0.4 is 5.32 Å². The molecule has 3 fully saturated rings. The second kappa shape index (κ2) is 4.75. The number of nitrogens with one attached hydrogen (secondary N) is 1. The van der Waals surface area contributed by atoms with Crippen molar-refractivity contribution in [2.45, 2.75) is 55.9 Å². The summed E-state index contributed by atoms with van der Waals surface area (Å²) in [4.78, 5) is 2.80. The van der Waals surface area contributed by atoms with Crippen molar-refractivity contribution < 1.29 is 0 Å². The van der Waals surface area contributed by atoms with Gasteiger partial charge in [-0.3, -0.25) is 4.90 Å². The molecule has 2 nitrogen and oxygen atoms in total. The van der Waals surface area contributed by atoms with Crippen LogP contribution in [0.3, 0.4) is 0 Å². The van der Waals surface area contributed by atoms with E-state index >= 15 is 0 Å². The van der Waals surface area contributed by atoms with E-state index in [1.807, 2.05) is 0 Å². The highest BCUT2D eigenvalue weighted by atomic mass is 32.2. The Balaban J connectivity index is 1.60. The Kier molecular flexibility index (Phi) is 3.44. The molecule has 0 aromatic carbocycles. The quantitative estimate of drug-likeness (QED) is 0.832. The molecule has 3 rings (SSSR count). The molecule has 1 saturated heterocycles. The van der Waals surface area contributed by atoms with Crippen molar-refractivity contribution in [2.24, 2.45) is 5.92 Å². The lowest BCUT2D eigenvalue weighted by Crippen LogP contribution is -2.61. The van der Waals surface area contributed by atoms with Gasteiger partial charge in [0.1, 0.15) is 0 Å². The van der Waals surface area contributed by atoms with Gasteiger partial charge in [0.2, 0.25) is 0 Å². The van der Waals surface area contributed by atoms with Gasteiger partial charge in [-0.25, -0.2) is 0 Å². The lowest BCUT2D eigenvalue weighted by Gasteiger charge is -2.44. The molecular formula is C14H26N2S. The van der Waals surface area contributed by atoms with Gasteiger partial charge in [-0.1, -0.05) is 0 Å². The van der Waals surface area contributed by atoms with Crippen molar-refractivity contribution in [3.05, 3.63) is 0 Å². The maximum atomic E-state index is 3.79. The molecule has 0 amide bonds. The number of piperazine rings is 1. The third-order valence-corrected chi connectivity index (χ3v) is 6.24. The fourth-order valence-electron chi connectivity index (χ4n) is 3.81. The average Bonchev–Trinajstić information content (AvgIpc) is 3.09. The van der Waals surface area contributed by atoms with Crippen LogP contribution in [0.25, 0.3) is 0 Å². The molecule has 0 radical (unpaired) electrons. The van der Waals surface area contributed by atoms with E-state index in [0.717, 1.165) is 17.2 Å². The largest absolute Gasteiger partial charge is 0.309 e. The van der Waals surface area contributed by atoms with E-state index in [1.165, 1.54) is 51.7 Å². The van der Waals surface area contributed by atoms with E-state index in [4.69, 9.17) is 0 Å². The second-order valence-corrected chi connectivity index (χ2v) is 7.55. The summed E-state index contributed by atoms with van der Waals surface area (Å²) in [5.74, 6) is 0.961. The molecule has 3 atom stereocenters. The Morgan fingerprint density at radius 2 is 2.06 bits per heavy atom. The van der Waals surface area contributed by atoms with Crippen molar-refractivity contribution in [3.63, 3.8) is 0 Å². The molecule has 0 aromatic rings. The summed E-state index contributed by atoms with van der Waals surface area (Å²) in [6, 6.07) is 0.882. The Morgan fingerprint density at radius 1 is 1.24 bits per heavy atom. The van der Waals surface area contributed by atoms with Crippen LogP contribution in [0.1, 0.15) is 39.0 Å². The Labute approximate surface area is 110 Å². The molecule has 3 unspecified atom stereocenters. The minimum Gasteiger partial charge on any atom is -0.309 e. The van der Waals surface area contributed by atoms with Crippen LogP contribution in [0.5, 0.6) is 0 Å². The first-order chi connectivity index (χ1) is 8.21. The molecule has 1 aliphatic heterocycles. The van der Waals surface area contributed by atoms with E-state index < -0.39 is 0 Å². The minimum absolute atomic E-state index is 0.426. The van der Waals surface area contributed by atoms with Crippen LogP contribution >= 0.6 is 11.8 Å². The number of rotatable bonds is 3. The molecule has 1 N–H and O–H groups in total. The van der Waals surface area contributed by atoms with Crippen molar-refractivity contribution in [1.82, 2.24) is 10.2 Å². The second-order valence-electron chi connectivity index (χ2n) is 6.41. The standard InChI is InChI=1S/C14H26N2S/c1-14(11-3-4-11)10-16(8-7-15-14)12-5-6-13(9-12)17-2/h11-13,15H,3-10H2,1-2H3. The summed E-state index contributed by atoms with van der Waals surface area (Å²) in [6.45, 7) is 6.22. The van der Waals surface area contributed by atoms with E-state index in [2.05, 4.69) is 35.2 Å². The third kappa shape index (κ3) is 2.52. The summed E-state index contributed by atoms with van der Waals surface area (Å²) in [5.41, 5.74) is 0.426. The van der Waals surface area contributed by atoms with Crippen LogP contribution in [0.2, 0.25) is 0 Å². The lowest BCUT2D eigenvalue weighted by molar-refractivity contribution is 0.0903. The Hall–Kier alpha value is 0.270. The maximum absolute atomic E-state index is 3.79. The zero-order chi connectivity index (χ0) is 11.9. The number of hydrogen-bond acceptors (Lipinski definition) is 3. The van der Waals surface area contributed by atoms with E-state index in [0.29, 0.717) is 5.54 Å². The molecule has 2 saturated carbocycles. The topological polar surface area (TPSA) is 15.3 Å². The summed E-state index contributed by atoms with van der Waals surface area (Å²) in [5, 5.41) is 4.72. The first-order valence-electron chi connectivity index (χ1n) is 7.23. The number of nitrogens with zero attached hydrogens (tertiary/aromatic N) is 1. The van der Waals surface area contributed by atoms with Crippen molar-refractivity contribution in [1.29, 1.82) is 0 Å². The van der Waals surface area contributed by atoms with Gasteiger partial charge in [-0.2, -0.15) is 11.8 Å². The zero-order valence-corrected chi connectivity index (χ0v) is 12.1. The maximum Gasteiger partial charge on any atom is 0.0309 e. The highest BCUT2D eigenvalue weighted by Gasteiger charge is 2.45. The fourth-order valence-corrected chi connectivity index (χ4v) is 4.60. The van der Waals surface area contributed by atoms with Crippen molar-refractivity contribution >= 4 is 11.8 Å². The Bertz CT molecular complexity index is 279. The van der Waals surface area contributed by atoms with E-state index in [9.17, 15) is 0 Å². The van der Waals surface area contributed by atoms with Crippen LogP contribution in [0, 0.1) is 5.92 Å². The van der Waals surface area contributed by atoms with Gasteiger partial charge in [0.15, 0.2) is 0 Å². The van der Waals surface area contributed by atoms with Crippen LogP contribution in [0.4, 0.5) is 0 Å². The molecule has 3 aliphatic rings. The summed E-state index contributed by atoms with van der Waals surface area (Å²) >= 11 is 2.08. The van der Waals surface area contributed by atoms with E-state index in [-0.39, 0.29) is 0 Å². The zero-order valence-electron chi connectivity index (χ0n) is 11.2. The molecule has 0 aromatic heterocycles. The molecule has 3 heteroatoms. The van der Waals surface area contributed by atoms with Gasteiger partial charge in [-0.15, -0.1) is 0 Å². The first kappa shape index (κ1) is 12.3. The minimum atomic E-state index is 0.426. The number of hydrogen-bond donors (Lipinski definition) is 1. The SMILES string of the molecule is CSC1CCC(N2CCNC(C)(C3CC3)C2)C1. The summed E-state index contributed by atoms with van der Waals surface area (Å²) in [6.07, 6.45) is 9.49. The lowest BCUT2D eigenvalue weighted by atomic mass is 9.92. The highest BCUT2D eigenvalue weighted by Crippen LogP contribution is 2.42. The number of thioether (sulfide) groups is 1. The third-order valence-electron chi connectivity index (χ3n) is 5.14. The Morgan fingerprint density at radius 3 is 2.71 bits per heavy atom. The van der Waals surface area contributed by atoms with Crippen molar-refractivity contribution in [3.8, 4) is 0 Å². The van der Waals surface area contributed by atoms with Gasteiger partial charge in [0.05, 0.1) is 0 Å². The molecule has 2 aliphatic carbocycles. The van der Waals surface area contributed by atoms with Crippen LogP contribution in [-0.4, -0.2) is 47.6 Å². The molecule has 17 heavy (non-hydrogen) atoms. The van der Waals surface area contributed by atoms with E-state index in [1.54, 1.807) is 0 Å². The molecule has 0 spiro atoms. The smallest absolute Gasteiger partial charge is 0.0309 e. The first-order valence-corrected chi connectivity index (χ1v) is 8.52. The van der Waals surface area contributed by atoms with Gasteiger partial charge in [-0.05, 0) is 51.2 Å². The van der Waals surface area contributed by atoms with Gasteiger partial charge in [0, 0.05) is 36.5 Å². The molecule has 0 bridgehead atoms. The highest BCUT2D eigenvalue weighted by molar-refractivity contribution is 7.99. The normalized spacial score (nSPS) is 44.1. The van der Waals surface area contributed by atoms with Gasteiger partial charge >= 0.3 is 0 Å². The van der Waals surface area contributed by atoms with Crippen LogP contribution in [0.15, 0.2) is 0 Å². The summed E-state index contributed by atoms with van der Waals surface area (Å²) in [7, 11) is 0. The predicted octanol–water partition coefficient (Wildman–Crippen LogP) is 2.34. The predicted molar refractivity (Wildman–Crippen MR) is 75.6 cm³/mol. The average molecular weight is 254 g/mol. The molecular weight excluding hydrogens is 228 g/mol. The molecule has 98 valence electrons. The van der Waals surface area contributed by atoms with Crippen LogP contribution in [-0.2, 0) is 0 Å². The summed E-state index contributed by atoms with van der Waals surface area (Å²) < 4.78 is 0. The van der Waals surface area contributed by atoms with Gasteiger partial charge in [0.25, 0.3) is 0 Å². The molecule has 1 heterocycles. The van der Waals surface area contributed by atoms with Gasteiger partial charge < -0.3 is 5.32 Å².